The minimum Gasteiger partial charge on any atom is -0.345 e. The number of alkyl halides is 3. The van der Waals surface area contributed by atoms with Crippen LogP contribution in [0.4, 0.5) is 18.9 Å². The number of benzene rings is 3. The van der Waals surface area contributed by atoms with Gasteiger partial charge in [-0.15, -0.1) is 0 Å². The van der Waals surface area contributed by atoms with Gasteiger partial charge in [0.15, 0.2) is 0 Å². The van der Waals surface area contributed by atoms with Crippen molar-refractivity contribution < 1.29 is 22.8 Å². The van der Waals surface area contributed by atoms with Gasteiger partial charge in [0.1, 0.15) is 12.4 Å². The normalized spacial score (nSPS) is 11.4. The highest BCUT2D eigenvalue weighted by Crippen LogP contribution is 2.30. The number of nitrogens with zero attached hydrogens (tertiary/aromatic N) is 2. The lowest BCUT2D eigenvalue weighted by Crippen LogP contribution is -2.26. The van der Waals surface area contributed by atoms with Gasteiger partial charge in [0.25, 0.3) is 5.91 Å². The first-order valence-electron chi connectivity index (χ1n) is 10.5. The van der Waals surface area contributed by atoms with Crippen LogP contribution in [0.3, 0.4) is 0 Å². The molecule has 9 heteroatoms. The van der Waals surface area contributed by atoms with Gasteiger partial charge < -0.3 is 15.2 Å². The molecule has 174 valence electrons. The van der Waals surface area contributed by atoms with Gasteiger partial charge in [-0.2, -0.15) is 13.2 Å². The predicted molar refractivity (Wildman–Crippen MR) is 122 cm³/mol. The standard InChI is InChI=1S/C25H21F3N4O2/c1-16-6-4-7-17(12-16)24(34)29-14-22-31-20-10-2-3-11-21(20)32(22)15-23(33)30-19-9-5-8-18(13-19)25(26,27)28/h2-13H,14-15H2,1H3,(H,29,34)(H,30,33). The van der Waals surface area contributed by atoms with E-state index in [0.29, 0.717) is 22.4 Å². The Hall–Kier alpha value is -4.14. The summed E-state index contributed by atoms with van der Waals surface area (Å²) in [4.78, 5) is 29.8. The van der Waals surface area contributed by atoms with E-state index in [1.165, 1.54) is 12.1 Å². The number of hydrogen-bond acceptors (Lipinski definition) is 3. The minimum absolute atomic E-state index is 0.0403. The first-order chi connectivity index (χ1) is 16.2. The molecule has 0 unspecified atom stereocenters. The van der Waals surface area contributed by atoms with Gasteiger partial charge in [0, 0.05) is 11.3 Å². The zero-order valence-corrected chi connectivity index (χ0v) is 18.2. The predicted octanol–water partition coefficient (Wildman–Crippen LogP) is 4.93. The summed E-state index contributed by atoms with van der Waals surface area (Å²) in [6, 6.07) is 18.7. The van der Waals surface area contributed by atoms with Crippen molar-refractivity contribution in [3.8, 4) is 0 Å². The van der Waals surface area contributed by atoms with E-state index in [2.05, 4.69) is 15.6 Å². The highest BCUT2D eigenvalue weighted by atomic mass is 19.4. The summed E-state index contributed by atoms with van der Waals surface area (Å²) >= 11 is 0. The van der Waals surface area contributed by atoms with Crippen LogP contribution in [0.1, 0.15) is 27.3 Å². The number of aryl methyl sites for hydroxylation is 1. The van der Waals surface area contributed by atoms with Crippen LogP contribution in [0.2, 0.25) is 0 Å². The van der Waals surface area contributed by atoms with E-state index in [9.17, 15) is 22.8 Å². The molecule has 0 saturated carbocycles. The molecule has 0 bridgehead atoms. The van der Waals surface area contributed by atoms with E-state index in [1.54, 1.807) is 47.0 Å². The molecule has 0 aliphatic rings. The molecule has 0 aliphatic carbocycles. The zero-order valence-electron chi connectivity index (χ0n) is 18.2. The average molecular weight is 466 g/mol. The molecule has 4 rings (SSSR count). The molecule has 0 radical (unpaired) electrons. The lowest BCUT2D eigenvalue weighted by Gasteiger charge is -2.12. The van der Waals surface area contributed by atoms with Gasteiger partial charge in [-0.3, -0.25) is 9.59 Å². The number of hydrogen-bond donors (Lipinski definition) is 2. The molecule has 0 aliphatic heterocycles. The van der Waals surface area contributed by atoms with Gasteiger partial charge in [0.2, 0.25) is 5.91 Å². The van der Waals surface area contributed by atoms with Crippen molar-refractivity contribution in [2.24, 2.45) is 0 Å². The molecule has 4 aromatic rings. The third-order valence-electron chi connectivity index (χ3n) is 5.20. The molecule has 6 nitrogen and oxygen atoms in total. The second-order valence-corrected chi connectivity index (χ2v) is 7.78. The lowest BCUT2D eigenvalue weighted by molar-refractivity contribution is -0.137. The van der Waals surface area contributed by atoms with Crippen LogP contribution in [-0.4, -0.2) is 21.4 Å². The summed E-state index contributed by atoms with van der Waals surface area (Å²) < 4.78 is 40.6. The van der Waals surface area contributed by atoms with Crippen molar-refractivity contribution in [1.82, 2.24) is 14.9 Å². The van der Waals surface area contributed by atoms with E-state index < -0.39 is 17.6 Å². The van der Waals surface area contributed by atoms with E-state index in [1.807, 2.05) is 13.0 Å². The largest absolute Gasteiger partial charge is 0.416 e. The fourth-order valence-corrected chi connectivity index (χ4v) is 3.60. The molecule has 0 atom stereocenters. The second kappa shape index (κ2) is 9.38. The number of rotatable bonds is 6. The van der Waals surface area contributed by atoms with Crippen LogP contribution in [0.5, 0.6) is 0 Å². The molecule has 3 aromatic carbocycles. The summed E-state index contributed by atoms with van der Waals surface area (Å²) in [6.07, 6.45) is -4.51. The third kappa shape index (κ3) is 5.25. The number of para-hydroxylation sites is 2. The highest BCUT2D eigenvalue weighted by molar-refractivity contribution is 5.94. The number of nitrogens with one attached hydrogen (secondary N) is 2. The minimum atomic E-state index is -4.51. The Labute approximate surface area is 193 Å². The molecule has 0 saturated heterocycles. The van der Waals surface area contributed by atoms with Crippen molar-refractivity contribution in [2.75, 3.05) is 5.32 Å². The van der Waals surface area contributed by atoms with Gasteiger partial charge in [-0.05, 0) is 49.4 Å². The fourth-order valence-electron chi connectivity index (χ4n) is 3.60. The van der Waals surface area contributed by atoms with Gasteiger partial charge in [-0.1, -0.05) is 35.9 Å². The van der Waals surface area contributed by atoms with Gasteiger partial charge in [-0.25, -0.2) is 4.98 Å². The highest BCUT2D eigenvalue weighted by Gasteiger charge is 2.30. The van der Waals surface area contributed by atoms with E-state index >= 15 is 0 Å². The Kier molecular flexibility index (Phi) is 6.36. The van der Waals surface area contributed by atoms with Gasteiger partial charge in [0.05, 0.1) is 23.1 Å². The quantitative estimate of drug-likeness (QED) is 0.423. The summed E-state index contributed by atoms with van der Waals surface area (Å²) in [5.41, 5.74) is 1.95. The number of carbonyl (C=O) groups is 2. The zero-order chi connectivity index (χ0) is 24.3. The van der Waals surface area contributed by atoms with Crippen LogP contribution < -0.4 is 10.6 Å². The van der Waals surface area contributed by atoms with Crippen LogP contribution >= 0.6 is 0 Å². The maximum Gasteiger partial charge on any atom is 0.416 e. The SMILES string of the molecule is Cc1cccc(C(=O)NCc2nc3ccccc3n2CC(=O)Nc2cccc(C(F)(F)F)c2)c1. The summed E-state index contributed by atoms with van der Waals surface area (Å²) in [5, 5.41) is 5.32. The van der Waals surface area contributed by atoms with Crippen LogP contribution in [-0.2, 0) is 24.1 Å². The number of halogens is 3. The molecule has 2 amide bonds. The van der Waals surface area contributed by atoms with Crippen molar-refractivity contribution in [3.05, 3.63) is 95.3 Å². The summed E-state index contributed by atoms with van der Waals surface area (Å²) in [5.74, 6) is -0.356. The Morgan fingerprint density at radius 1 is 0.971 bits per heavy atom. The number of carbonyl (C=O) groups excluding carboxylic acids is 2. The molecule has 1 aromatic heterocycles. The molecule has 2 N–H and O–H groups in total. The number of amides is 2. The van der Waals surface area contributed by atoms with Crippen molar-refractivity contribution >= 4 is 28.5 Å². The monoisotopic (exact) mass is 466 g/mol. The molecular weight excluding hydrogens is 445 g/mol. The van der Waals surface area contributed by atoms with E-state index in [4.69, 9.17) is 0 Å². The Morgan fingerprint density at radius 2 is 1.74 bits per heavy atom. The van der Waals surface area contributed by atoms with E-state index in [0.717, 1.165) is 17.7 Å². The first kappa shape index (κ1) is 23.0. The van der Waals surface area contributed by atoms with Crippen LogP contribution in [0.25, 0.3) is 11.0 Å². The lowest BCUT2D eigenvalue weighted by atomic mass is 10.1. The molecule has 0 fully saturated rings. The molecular formula is C25H21F3N4O2. The van der Waals surface area contributed by atoms with Crippen LogP contribution in [0, 0.1) is 6.92 Å². The summed E-state index contributed by atoms with van der Waals surface area (Å²) in [6.45, 7) is 1.77. The molecule has 1 heterocycles. The number of anilines is 1. The second-order valence-electron chi connectivity index (χ2n) is 7.78. The van der Waals surface area contributed by atoms with Gasteiger partial charge >= 0.3 is 6.18 Å². The van der Waals surface area contributed by atoms with Crippen molar-refractivity contribution in [3.63, 3.8) is 0 Å². The first-order valence-corrected chi connectivity index (χ1v) is 10.5. The smallest absolute Gasteiger partial charge is 0.345 e. The van der Waals surface area contributed by atoms with Crippen molar-refractivity contribution in [2.45, 2.75) is 26.2 Å². The molecule has 34 heavy (non-hydrogen) atoms. The maximum absolute atomic E-state index is 13.0. The van der Waals surface area contributed by atoms with Crippen molar-refractivity contribution in [1.29, 1.82) is 0 Å². The summed E-state index contributed by atoms with van der Waals surface area (Å²) in [7, 11) is 0. The maximum atomic E-state index is 13.0. The Bertz CT molecular complexity index is 1360. The van der Waals surface area contributed by atoms with Crippen LogP contribution in [0.15, 0.2) is 72.8 Å². The number of aromatic nitrogens is 2. The number of imidazole rings is 1. The van der Waals surface area contributed by atoms with E-state index in [-0.39, 0.29) is 24.7 Å². The fraction of sp³-hybridized carbons (Fsp3) is 0.160. The third-order valence-corrected chi connectivity index (χ3v) is 5.20. The number of fused-ring (bicyclic) bond motifs is 1. The average Bonchev–Trinajstić information content (AvgIpc) is 3.14. The topological polar surface area (TPSA) is 76.0 Å². The Balaban J connectivity index is 1.53. The molecule has 0 spiro atoms. The Morgan fingerprint density at radius 3 is 2.50 bits per heavy atom.